The van der Waals surface area contributed by atoms with Crippen molar-refractivity contribution in [1.82, 2.24) is 4.90 Å². The molecular weight excluding hydrogens is 338 g/mol. The number of aryl methyl sites for hydroxylation is 1. The number of benzene rings is 2. The number of nitro benzene ring substituents is 1. The van der Waals surface area contributed by atoms with Crippen molar-refractivity contribution >= 4 is 23.3 Å². The van der Waals surface area contributed by atoms with Crippen molar-refractivity contribution in [3.8, 4) is 0 Å². The lowest BCUT2D eigenvalue weighted by Gasteiger charge is -2.18. The zero-order valence-electron chi connectivity index (χ0n) is 14.5. The standard InChI is InChI=1S/C18H19N3O5/c1-12-5-3-4-6-13(12)10-20(2)17(22)11-26-18(23)15-8-7-14(21(24)25)9-16(15)19/h3-9H,10-11,19H2,1-2H3. The summed E-state index contributed by atoms with van der Waals surface area (Å²) in [6, 6.07) is 11.1. The van der Waals surface area contributed by atoms with Gasteiger partial charge in [0.25, 0.3) is 11.6 Å². The number of anilines is 1. The largest absolute Gasteiger partial charge is 0.452 e. The lowest BCUT2D eigenvalue weighted by molar-refractivity contribution is -0.384. The predicted octanol–water partition coefficient (Wildman–Crippen LogP) is 2.30. The van der Waals surface area contributed by atoms with Crippen molar-refractivity contribution in [2.75, 3.05) is 19.4 Å². The summed E-state index contributed by atoms with van der Waals surface area (Å²) in [4.78, 5) is 35.7. The molecule has 26 heavy (non-hydrogen) atoms. The van der Waals surface area contributed by atoms with Crippen LogP contribution in [0.5, 0.6) is 0 Å². The van der Waals surface area contributed by atoms with Crippen LogP contribution in [0.3, 0.4) is 0 Å². The van der Waals surface area contributed by atoms with Crippen molar-refractivity contribution in [2.45, 2.75) is 13.5 Å². The van der Waals surface area contributed by atoms with Crippen LogP contribution in [0.2, 0.25) is 0 Å². The fourth-order valence-electron chi connectivity index (χ4n) is 2.30. The molecule has 0 fully saturated rings. The normalized spacial score (nSPS) is 10.2. The molecule has 0 atom stereocenters. The average molecular weight is 357 g/mol. The Hall–Kier alpha value is -3.42. The van der Waals surface area contributed by atoms with Crippen LogP contribution in [0.1, 0.15) is 21.5 Å². The summed E-state index contributed by atoms with van der Waals surface area (Å²) in [5.74, 6) is -1.18. The molecule has 0 spiro atoms. The van der Waals surface area contributed by atoms with Gasteiger partial charge in [0.2, 0.25) is 0 Å². The summed E-state index contributed by atoms with van der Waals surface area (Å²) in [7, 11) is 1.61. The number of esters is 1. The summed E-state index contributed by atoms with van der Waals surface area (Å²) in [5.41, 5.74) is 7.37. The van der Waals surface area contributed by atoms with Crippen LogP contribution < -0.4 is 5.73 Å². The van der Waals surface area contributed by atoms with E-state index in [-0.39, 0.29) is 22.8 Å². The smallest absolute Gasteiger partial charge is 0.340 e. The lowest BCUT2D eigenvalue weighted by atomic mass is 10.1. The molecule has 0 radical (unpaired) electrons. The number of nitrogens with two attached hydrogens (primary N) is 1. The number of nitro groups is 1. The minimum absolute atomic E-state index is 0.0232. The van der Waals surface area contributed by atoms with Gasteiger partial charge in [0, 0.05) is 25.7 Å². The summed E-state index contributed by atoms with van der Waals surface area (Å²) < 4.78 is 4.98. The molecule has 2 N–H and O–H groups in total. The van der Waals surface area contributed by atoms with Crippen molar-refractivity contribution in [2.24, 2.45) is 0 Å². The summed E-state index contributed by atoms with van der Waals surface area (Å²) in [6.45, 7) is 1.89. The Morgan fingerprint density at radius 3 is 2.54 bits per heavy atom. The second kappa shape index (κ2) is 8.11. The molecule has 8 heteroatoms. The predicted molar refractivity (Wildman–Crippen MR) is 95.4 cm³/mol. The Balaban J connectivity index is 1.95. The molecule has 1 amide bonds. The van der Waals surface area contributed by atoms with Crippen LogP contribution in [0.15, 0.2) is 42.5 Å². The van der Waals surface area contributed by atoms with Gasteiger partial charge in [-0.2, -0.15) is 0 Å². The number of rotatable bonds is 6. The number of amides is 1. The van der Waals surface area contributed by atoms with Crippen LogP contribution in [-0.4, -0.2) is 35.4 Å². The first-order valence-electron chi connectivity index (χ1n) is 7.79. The van der Waals surface area contributed by atoms with Crippen LogP contribution in [-0.2, 0) is 16.1 Å². The molecule has 8 nitrogen and oxygen atoms in total. The Bertz CT molecular complexity index is 850. The highest BCUT2D eigenvalue weighted by molar-refractivity contribution is 5.96. The number of nitrogens with zero attached hydrogens (tertiary/aromatic N) is 2. The molecule has 0 unspecified atom stereocenters. The molecule has 0 bridgehead atoms. The third kappa shape index (κ3) is 4.56. The van der Waals surface area contributed by atoms with E-state index in [0.717, 1.165) is 23.3 Å². The van der Waals surface area contributed by atoms with E-state index in [9.17, 15) is 19.7 Å². The minimum atomic E-state index is -0.810. The van der Waals surface area contributed by atoms with E-state index in [1.807, 2.05) is 31.2 Å². The fraction of sp³-hybridized carbons (Fsp3) is 0.222. The number of nitrogen functional groups attached to an aromatic ring is 1. The van der Waals surface area contributed by atoms with Crippen LogP contribution in [0, 0.1) is 17.0 Å². The zero-order valence-corrected chi connectivity index (χ0v) is 14.5. The molecule has 136 valence electrons. The Morgan fingerprint density at radius 1 is 1.23 bits per heavy atom. The van der Waals surface area contributed by atoms with Gasteiger partial charge in [-0.3, -0.25) is 14.9 Å². The molecule has 0 aliphatic carbocycles. The number of carbonyl (C=O) groups excluding carboxylic acids is 2. The highest BCUT2D eigenvalue weighted by atomic mass is 16.6. The SMILES string of the molecule is Cc1ccccc1CN(C)C(=O)COC(=O)c1ccc([N+](=O)[O-])cc1N. The molecule has 0 aliphatic rings. The number of likely N-dealkylation sites (N-methyl/N-ethyl adjacent to an activating group) is 1. The number of hydrogen-bond acceptors (Lipinski definition) is 6. The molecule has 2 aromatic carbocycles. The van der Waals surface area contributed by atoms with E-state index >= 15 is 0 Å². The van der Waals surface area contributed by atoms with Crippen molar-refractivity contribution in [1.29, 1.82) is 0 Å². The molecule has 0 saturated heterocycles. The topological polar surface area (TPSA) is 116 Å². The van der Waals surface area contributed by atoms with Crippen molar-refractivity contribution in [3.63, 3.8) is 0 Å². The first kappa shape index (κ1) is 18.9. The molecular formula is C18H19N3O5. The second-order valence-corrected chi connectivity index (χ2v) is 5.78. The summed E-state index contributed by atoms with van der Waals surface area (Å²) >= 11 is 0. The molecule has 2 aromatic rings. The average Bonchev–Trinajstić information content (AvgIpc) is 2.61. The molecule has 0 heterocycles. The first-order valence-corrected chi connectivity index (χ1v) is 7.79. The molecule has 0 aromatic heterocycles. The Kier molecular flexibility index (Phi) is 5.90. The van der Waals surface area contributed by atoms with E-state index in [2.05, 4.69) is 0 Å². The van der Waals surface area contributed by atoms with Crippen molar-refractivity contribution < 1.29 is 19.2 Å². The summed E-state index contributed by atoms with van der Waals surface area (Å²) in [6.07, 6.45) is 0. The number of non-ortho nitro benzene ring substituents is 1. The fourth-order valence-corrected chi connectivity index (χ4v) is 2.30. The van der Waals surface area contributed by atoms with Gasteiger partial charge in [-0.25, -0.2) is 4.79 Å². The van der Waals surface area contributed by atoms with Gasteiger partial charge < -0.3 is 15.4 Å². The van der Waals surface area contributed by atoms with Gasteiger partial charge in [-0.1, -0.05) is 24.3 Å². The Labute approximate surface area is 150 Å². The van der Waals surface area contributed by atoms with E-state index in [0.29, 0.717) is 6.54 Å². The van der Waals surface area contributed by atoms with E-state index < -0.39 is 17.5 Å². The Morgan fingerprint density at radius 2 is 1.92 bits per heavy atom. The number of ether oxygens (including phenoxy) is 1. The van der Waals surface area contributed by atoms with Crippen molar-refractivity contribution in [3.05, 3.63) is 69.3 Å². The minimum Gasteiger partial charge on any atom is -0.452 e. The number of hydrogen-bond donors (Lipinski definition) is 1. The monoisotopic (exact) mass is 357 g/mol. The van der Waals surface area contributed by atoms with Gasteiger partial charge >= 0.3 is 5.97 Å². The van der Waals surface area contributed by atoms with Gasteiger partial charge in [0.05, 0.1) is 16.2 Å². The van der Waals surface area contributed by atoms with Gasteiger partial charge in [0.15, 0.2) is 6.61 Å². The van der Waals surface area contributed by atoms with Gasteiger partial charge in [-0.05, 0) is 24.1 Å². The second-order valence-electron chi connectivity index (χ2n) is 5.78. The molecule has 0 saturated carbocycles. The highest BCUT2D eigenvalue weighted by Gasteiger charge is 2.18. The van der Waals surface area contributed by atoms with E-state index in [4.69, 9.17) is 10.5 Å². The van der Waals surface area contributed by atoms with Crippen LogP contribution in [0.4, 0.5) is 11.4 Å². The maximum atomic E-state index is 12.2. The van der Waals surface area contributed by atoms with E-state index in [1.165, 1.54) is 11.0 Å². The van der Waals surface area contributed by atoms with Gasteiger partial charge in [-0.15, -0.1) is 0 Å². The molecule has 2 rings (SSSR count). The van der Waals surface area contributed by atoms with Crippen LogP contribution >= 0.6 is 0 Å². The lowest BCUT2D eigenvalue weighted by Crippen LogP contribution is -2.31. The third-order valence-electron chi connectivity index (χ3n) is 3.89. The zero-order chi connectivity index (χ0) is 19.3. The summed E-state index contributed by atoms with van der Waals surface area (Å²) in [5, 5.41) is 10.7. The van der Waals surface area contributed by atoms with Crippen LogP contribution in [0.25, 0.3) is 0 Å². The highest BCUT2D eigenvalue weighted by Crippen LogP contribution is 2.20. The third-order valence-corrected chi connectivity index (χ3v) is 3.89. The molecule has 0 aliphatic heterocycles. The maximum absolute atomic E-state index is 12.2. The first-order chi connectivity index (χ1) is 12.3. The maximum Gasteiger partial charge on any atom is 0.340 e. The number of carbonyl (C=O) groups is 2. The quantitative estimate of drug-likeness (QED) is 0.367. The van der Waals surface area contributed by atoms with Gasteiger partial charge in [0.1, 0.15) is 0 Å². The van der Waals surface area contributed by atoms with E-state index in [1.54, 1.807) is 7.05 Å².